The Morgan fingerprint density at radius 3 is 2.58 bits per heavy atom. The quantitative estimate of drug-likeness (QED) is 0.389. The molecule has 0 atom stereocenters. The molecule has 3 aromatic heterocycles. The molecular formula is C23H20ClFN6O4S. The minimum absolute atomic E-state index is 0.0264. The second-order valence-electron chi connectivity index (χ2n) is 8.38. The number of ether oxygens (including phenoxy) is 1. The van der Waals surface area contributed by atoms with Crippen molar-refractivity contribution in [3.8, 4) is 17.3 Å². The van der Waals surface area contributed by atoms with Crippen LogP contribution in [0.15, 0.2) is 47.6 Å². The number of pyridine rings is 1. The second-order valence-corrected chi connectivity index (χ2v) is 10.8. The molecule has 0 saturated carbocycles. The lowest BCUT2D eigenvalue weighted by atomic mass is 10.1. The number of carbonyl (C=O) groups is 1. The van der Waals surface area contributed by atoms with Crippen LogP contribution in [0.4, 0.5) is 4.39 Å². The summed E-state index contributed by atoms with van der Waals surface area (Å²) in [6.07, 6.45) is 4.49. The minimum Gasteiger partial charge on any atom is -0.474 e. The van der Waals surface area contributed by atoms with Crippen molar-refractivity contribution < 1.29 is 22.3 Å². The van der Waals surface area contributed by atoms with Gasteiger partial charge in [-0.05, 0) is 30.3 Å². The number of sulfone groups is 1. The molecule has 0 radical (unpaired) electrons. The Morgan fingerprint density at radius 2 is 1.89 bits per heavy atom. The van der Waals surface area contributed by atoms with Crippen LogP contribution in [0.3, 0.4) is 0 Å². The van der Waals surface area contributed by atoms with E-state index in [9.17, 15) is 17.6 Å². The van der Waals surface area contributed by atoms with Crippen LogP contribution in [0, 0.1) is 5.82 Å². The van der Waals surface area contributed by atoms with E-state index in [4.69, 9.17) is 16.3 Å². The number of rotatable bonds is 5. The predicted octanol–water partition coefficient (Wildman–Crippen LogP) is 3.29. The molecule has 1 fully saturated rings. The average Bonchev–Trinajstić information content (AvgIpc) is 3.34. The van der Waals surface area contributed by atoms with E-state index in [-0.39, 0.29) is 27.6 Å². The summed E-state index contributed by atoms with van der Waals surface area (Å²) in [5.74, 6) is -0.332. The Labute approximate surface area is 210 Å². The molecular weight excluding hydrogens is 511 g/mol. The molecule has 4 aromatic rings. The third-order valence-corrected chi connectivity index (χ3v) is 7.29. The monoisotopic (exact) mass is 530 g/mol. The van der Waals surface area contributed by atoms with Crippen LogP contribution in [-0.4, -0.2) is 69.8 Å². The van der Waals surface area contributed by atoms with E-state index in [1.807, 2.05) is 0 Å². The molecule has 10 nitrogen and oxygen atoms in total. The number of halogens is 2. The van der Waals surface area contributed by atoms with Crippen LogP contribution in [0.2, 0.25) is 5.15 Å². The molecule has 1 aromatic carbocycles. The maximum atomic E-state index is 13.5. The van der Waals surface area contributed by atoms with Crippen LogP contribution in [-0.2, 0) is 9.84 Å². The number of nitrogens with zero attached hydrogens (tertiary/aromatic N) is 5. The summed E-state index contributed by atoms with van der Waals surface area (Å²) in [6.45, 7) is 0.769. The number of fused-ring (bicyclic) bond motifs is 1. The van der Waals surface area contributed by atoms with Gasteiger partial charge in [-0.15, -0.1) is 0 Å². The van der Waals surface area contributed by atoms with Gasteiger partial charge in [-0.25, -0.2) is 22.8 Å². The number of piperidine rings is 1. The SMILES string of the molecule is CS(=O)(=O)c1ccc(-c2nc(OC3CCN(C(=O)c4cc(F)cnc4Cl)CC3)c3cn[nH]c3n2)cc1. The number of carbonyl (C=O) groups excluding carboxylic acids is 1. The number of likely N-dealkylation sites (tertiary alicyclic amines) is 1. The highest BCUT2D eigenvalue weighted by atomic mass is 35.5. The standard InChI is InChI=1S/C23H20ClFN6O4S/c1-36(33,34)16-4-2-13(3-5-16)20-28-21-18(12-27-30-21)22(29-20)35-15-6-8-31(9-7-15)23(32)17-10-14(25)11-26-19(17)24/h2-5,10-12,15H,6-9H2,1H3,(H,27,28,29,30). The fourth-order valence-corrected chi connectivity index (χ4v) is 4.77. The van der Waals surface area contributed by atoms with Gasteiger partial charge in [0.05, 0.1) is 22.9 Å². The largest absolute Gasteiger partial charge is 0.474 e. The molecule has 0 bridgehead atoms. The first kappa shape index (κ1) is 24.1. The maximum absolute atomic E-state index is 13.5. The molecule has 1 aliphatic rings. The molecule has 13 heteroatoms. The number of benzene rings is 1. The normalized spacial score (nSPS) is 14.8. The van der Waals surface area contributed by atoms with Crippen molar-refractivity contribution in [2.45, 2.75) is 23.8 Å². The number of amides is 1. The molecule has 0 spiro atoms. The third-order valence-electron chi connectivity index (χ3n) is 5.86. The maximum Gasteiger partial charge on any atom is 0.257 e. The Bertz CT molecular complexity index is 1550. The van der Waals surface area contributed by atoms with Gasteiger partial charge in [-0.1, -0.05) is 11.6 Å². The zero-order valence-electron chi connectivity index (χ0n) is 19.0. The summed E-state index contributed by atoms with van der Waals surface area (Å²) in [6, 6.07) is 7.35. The topological polar surface area (TPSA) is 131 Å². The van der Waals surface area contributed by atoms with Gasteiger partial charge in [0.25, 0.3) is 5.91 Å². The lowest BCUT2D eigenvalue weighted by molar-refractivity contribution is 0.0590. The molecule has 1 amide bonds. The summed E-state index contributed by atoms with van der Waals surface area (Å²) in [4.78, 5) is 27.3. The van der Waals surface area contributed by atoms with Crippen LogP contribution in [0.1, 0.15) is 23.2 Å². The molecule has 186 valence electrons. The van der Waals surface area contributed by atoms with Crippen molar-refractivity contribution in [2.24, 2.45) is 0 Å². The van der Waals surface area contributed by atoms with Crippen LogP contribution >= 0.6 is 11.6 Å². The van der Waals surface area contributed by atoms with Crippen LogP contribution < -0.4 is 4.74 Å². The van der Waals surface area contributed by atoms with Gasteiger partial charge in [0.15, 0.2) is 21.3 Å². The van der Waals surface area contributed by atoms with Crippen LogP contribution in [0.5, 0.6) is 5.88 Å². The van der Waals surface area contributed by atoms with Crippen molar-refractivity contribution in [3.05, 3.63) is 59.3 Å². The highest BCUT2D eigenvalue weighted by Gasteiger charge is 2.27. The summed E-state index contributed by atoms with van der Waals surface area (Å²) in [7, 11) is -3.33. The predicted molar refractivity (Wildman–Crippen MR) is 129 cm³/mol. The first-order valence-corrected chi connectivity index (χ1v) is 13.2. The molecule has 4 heterocycles. The van der Waals surface area contributed by atoms with E-state index < -0.39 is 15.7 Å². The first-order valence-electron chi connectivity index (χ1n) is 11.0. The Morgan fingerprint density at radius 1 is 1.17 bits per heavy atom. The average molecular weight is 531 g/mol. The van der Waals surface area contributed by atoms with E-state index in [0.29, 0.717) is 54.2 Å². The fourth-order valence-electron chi connectivity index (χ4n) is 3.96. The molecule has 1 aliphatic heterocycles. The van der Waals surface area contributed by atoms with Gasteiger partial charge in [0.1, 0.15) is 22.5 Å². The number of H-pyrrole nitrogens is 1. The highest BCUT2D eigenvalue weighted by molar-refractivity contribution is 7.90. The van der Waals surface area contributed by atoms with Crippen molar-refractivity contribution in [3.63, 3.8) is 0 Å². The van der Waals surface area contributed by atoms with Gasteiger partial charge < -0.3 is 9.64 Å². The number of aromatic nitrogens is 5. The summed E-state index contributed by atoms with van der Waals surface area (Å²) in [5, 5.41) is 7.40. The van der Waals surface area contributed by atoms with E-state index in [2.05, 4.69) is 25.1 Å². The number of nitrogens with one attached hydrogen (secondary N) is 1. The van der Waals surface area contributed by atoms with E-state index in [0.717, 1.165) is 18.5 Å². The minimum atomic E-state index is -3.33. The molecule has 36 heavy (non-hydrogen) atoms. The van der Waals surface area contributed by atoms with Crippen molar-refractivity contribution in [1.82, 2.24) is 30.0 Å². The number of hydrogen-bond donors (Lipinski definition) is 1. The fraction of sp³-hybridized carbons (Fsp3) is 0.261. The van der Waals surface area contributed by atoms with Crippen molar-refractivity contribution in [1.29, 1.82) is 0 Å². The molecule has 5 rings (SSSR count). The molecule has 0 unspecified atom stereocenters. The van der Waals surface area contributed by atoms with Crippen molar-refractivity contribution >= 4 is 38.4 Å². The summed E-state index contributed by atoms with van der Waals surface area (Å²) >= 11 is 5.98. The Kier molecular flexibility index (Phi) is 6.31. The third kappa shape index (κ3) is 4.86. The number of hydrogen-bond acceptors (Lipinski definition) is 8. The zero-order chi connectivity index (χ0) is 25.4. The lowest BCUT2D eigenvalue weighted by Gasteiger charge is -2.32. The van der Waals surface area contributed by atoms with Gasteiger partial charge >= 0.3 is 0 Å². The highest BCUT2D eigenvalue weighted by Crippen LogP contribution is 2.29. The lowest BCUT2D eigenvalue weighted by Crippen LogP contribution is -2.42. The zero-order valence-corrected chi connectivity index (χ0v) is 20.6. The second kappa shape index (κ2) is 9.43. The van der Waals surface area contributed by atoms with Gasteiger partial charge in [0.2, 0.25) is 5.88 Å². The summed E-state index contributed by atoms with van der Waals surface area (Å²) < 4.78 is 43.3. The Hall–Kier alpha value is -3.64. The van der Waals surface area contributed by atoms with Crippen LogP contribution in [0.25, 0.3) is 22.4 Å². The van der Waals surface area contributed by atoms with E-state index in [1.165, 1.54) is 12.1 Å². The molecule has 1 saturated heterocycles. The Balaban J connectivity index is 1.33. The van der Waals surface area contributed by atoms with E-state index >= 15 is 0 Å². The van der Waals surface area contributed by atoms with E-state index in [1.54, 1.807) is 23.2 Å². The molecule has 1 N–H and O–H groups in total. The smallest absolute Gasteiger partial charge is 0.257 e. The number of aromatic amines is 1. The first-order chi connectivity index (χ1) is 17.2. The van der Waals surface area contributed by atoms with Gasteiger partial charge in [-0.3, -0.25) is 9.89 Å². The summed E-state index contributed by atoms with van der Waals surface area (Å²) in [5.41, 5.74) is 1.12. The van der Waals surface area contributed by atoms with Gasteiger partial charge in [0, 0.05) is 37.8 Å². The van der Waals surface area contributed by atoms with Crippen molar-refractivity contribution in [2.75, 3.05) is 19.3 Å². The van der Waals surface area contributed by atoms with Gasteiger partial charge in [-0.2, -0.15) is 10.1 Å². The molecule has 0 aliphatic carbocycles.